The van der Waals surface area contributed by atoms with E-state index >= 15 is 0 Å². The largest absolute Gasteiger partial charge is 0.375 e. The molecule has 0 aliphatic heterocycles. The Bertz CT molecular complexity index is 628. The van der Waals surface area contributed by atoms with Crippen LogP contribution in [0.1, 0.15) is 29.4 Å². The van der Waals surface area contributed by atoms with Crippen molar-refractivity contribution >= 4 is 17.3 Å². The zero-order valence-corrected chi connectivity index (χ0v) is 15.1. The average Bonchev–Trinajstić information content (AvgIpc) is 3.14. The monoisotopic (exact) mass is 349 g/mol. The molecule has 4 nitrogen and oxygen atoms in total. The van der Waals surface area contributed by atoms with Crippen LogP contribution in [0.4, 0.5) is 4.39 Å². The molecule has 0 aliphatic rings. The van der Waals surface area contributed by atoms with Crippen molar-refractivity contribution in [1.29, 1.82) is 0 Å². The lowest BCUT2D eigenvalue weighted by Gasteiger charge is -2.20. The van der Waals surface area contributed by atoms with E-state index in [1.807, 2.05) is 0 Å². The molecule has 0 radical (unpaired) electrons. The minimum absolute atomic E-state index is 0.168. The van der Waals surface area contributed by atoms with Gasteiger partial charge < -0.3 is 15.4 Å². The molecule has 6 heteroatoms. The summed E-state index contributed by atoms with van der Waals surface area (Å²) < 4.78 is 18.5. The molecular weight excluding hydrogens is 325 g/mol. The van der Waals surface area contributed by atoms with Gasteiger partial charge in [-0.3, -0.25) is 4.99 Å². The van der Waals surface area contributed by atoms with Gasteiger partial charge in [0, 0.05) is 38.0 Å². The summed E-state index contributed by atoms with van der Waals surface area (Å²) in [5.74, 6) is 0.892. The molecule has 0 bridgehead atoms. The third-order valence-corrected chi connectivity index (χ3v) is 4.91. The summed E-state index contributed by atoms with van der Waals surface area (Å²) in [7, 11) is 3.38. The molecule has 1 heterocycles. The highest BCUT2D eigenvalue weighted by Crippen LogP contribution is 2.19. The van der Waals surface area contributed by atoms with E-state index in [4.69, 9.17) is 4.74 Å². The maximum absolute atomic E-state index is 13.0. The highest BCUT2D eigenvalue weighted by atomic mass is 32.1. The molecule has 2 unspecified atom stereocenters. The van der Waals surface area contributed by atoms with Gasteiger partial charge in [0.1, 0.15) is 5.82 Å². The van der Waals surface area contributed by atoms with Gasteiger partial charge in [-0.05, 0) is 29.1 Å². The number of hydrogen-bond donors (Lipinski definition) is 2. The molecular formula is C18H24FN3OS. The van der Waals surface area contributed by atoms with Crippen LogP contribution in [-0.4, -0.2) is 33.2 Å². The first-order valence-corrected chi connectivity index (χ1v) is 8.78. The number of nitrogens with zero attached hydrogens (tertiary/aromatic N) is 1. The molecule has 0 fully saturated rings. The van der Waals surface area contributed by atoms with Crippen molar-refractivity contribution in [2.75, 3.05) is 27.2 Å². The van der Waals surface area contributed by atoms with Crippen LogP contribution in [0.2, 0.25) is 0 Å². The van der Waals surface area contributed by atoms with Crippen LogP contribution in [-0.2, 0) is 4.74 Å². The molecule has 1 aromatic carbocycles. The Morgan fingerprint density at radius 1 is 1.21 bits per heavy atom. The van der Waals surface area contributed by atoms with E-state index in [9.17, 15) is 4.39 Å². The van der Waals surface area contributed by atoms with Gasteiger partial charge in [-0.25, -0.2) is 4.39 Å². The number of ether oxygens (including phenoxy) is 1. The van der Waals surface area contributed by atoms with Crippen LogP contribution in [0.5, 0.6) is 0 Å². The highest BCUT2D eigenvalue weighted by Gasteiger charge is 2.12. The lowest BCUT2D eigenvalue weighted by molar-refractivity contribution is 0.106. The standard InChI is InChI=1S/C18H24FN3OS/c1-13(17-5-4-10-24-17)11-21-18(20-2)22-12-16(23-3)14-6-8-15(19)9-7-14/h4-10,13,16H,11-12H2,1-3H3,(H2,20,21,22). The first kappa shape index (κ1) is 18.4. The maximum atomic E-state index is 13.0. The number of rotatable bonds is 7. The van der Waals surface area contributed by atoms with E-state index in [1.54, 1.807) is 37.6 Å². The average molecular weight is 349 g/mol. The van der Waals surface area contributed by atoms with E-state index in [-0.39, 0.29) is 11.9 Å². The molecule has 24 heavy (non-hydrogen) atoms. The Balaban J connectivity index is 1.84. The summed E-state index contributed by atoms with van der Waals surface area (Å²) in [4.78, 5) is 5.58. The summed E-state index contributed by atoms with van der Waals surface area (Å²) in [5.41, 5.74) is 0.925. The normalized spacial score (nSPS) is 14.2. The molecule has 2 rings (SSSR count). The molecule has 0 saturated carbocycles. The third-order valence-electron chi connectivity index (χ3n) is 3.81. The lowest BCUT2D eigenvalue weighted by atomic mass is 10.1. The predicted octanol–water partition coefficient (Wildman–Crippen LogP) is 3.54. The summed E-state index contributed by atoms with van der Waals surface area (Å²) in [6, 6.07) is 10.6. The molecule has 2 atom stereocenters. The van der Waals surface area contributed by atoms with Crippen LogP contribution in [0.15, 0.2) is 46.8 Å². The number of thiophene rings is 1. The molecule has 2 aromatic rings. The van der Waals surface area contributed by atoms with Crippen LogP contribution in [0.25, 0.3) is 0 Å². The van der Waals surface area contributed by atoms with Gasteiger partial charge in [0.15, 0.2) is 5.96 Å². The van der Waals surface area contributed by atoms with E-state index in [0.29, 0.717) is 12.5 Å². The quantitative estimate of drug-likeness (QED) is 0.594. The van der Waals surface area contributed by atoms with Crippen LogP contribution in [0.3, 0.4) is 0 Å². The molecule has 0 saturated heterocycles. The second-order valence-corrected chi connectivity index (χ2v) is 6.51. The fourth-order valence-corrected chi connectivity index (χ4v) is 3.13. The van der Waals surface area contributed by atoms with Gasteiger partial charge in [0.05, 0.1) is 6.10 Å². The third kappa shape index (κ3) is 5.32. The highest BCUT2D eigenvalue weighted by molar-refractivity contribution is 7.10. The Kier molecular flexibility index (Phi) is 7.21. The minimum atomic E-state index is -0.249. The molecule has 0 amide bonds. The SMILES string of the molecule is CN=C(NCC(C)c1cccs1)NCC(OC)c1ccc(F)cc1. The Morgan fingerprint density at radius 3 is 2.50 bits per heavy atom. The molecule has 0 aliphatic carbocycles. The smallest absolute Gasteiger partial charge is 0.191 e. The van der Waals surface area contributed by atoms with Crippen LogP contribution in [0, 0.1) is 5.82 Å². The van der Waals surface area contributed by atoms with Crippen molar-refractivity contribution in [3.05, 3.63) is 58.0 Å². The van der Waals surface area contributed by atoms with Crippen molar-refractivity contribution in [1.82, 2.24) is 10.6 Å². The molecule has 2 N–H and O–H groups in total. The maximum Gasteiger partial charge on any atom is 0.191 e. The summed E-state index contributed by atoms with van der Waals surface area (Å²) in [6.07, 6.45) is -0.168. The van der Waals surface area contributed by atoms with Gasteiger partial charge in [-0.15, -0.1) is 11.3 Å². The van der Waals surface area contributed by atoms with Gasteiger partial charge in [0.2, 0.25) is 0 Å². The number of aliphatic imine (C=N–C) groups is 1. The second-order valence-electron chi connectivity index (χ2n) is 5.53. The van der Waals surface area contributed by atoms with E-state index in [2.05, 4.69) is 40.1 Å². The van der Waals surface area contributed by atoms with Gasteiger partial charge in [0.25, 0.3) is 0 Å². The Hall–Kier alpha value is -1.92. The summed E-state index contributed by atoms with van der Waals surface area (Å²) in [6.45, 7) is 3.53. The van der Waals surface area contributed by atoms with E-state index < -0.39 is 0 Å². The zero-order valence-electron chi connectivity index (χ0n) is 14.3. The molecule has 130 valence electrons. The lowest BCUT2D eigenvalue weighted by Crippen LogP contribution is -2.41. The van der Waals surface area contributed by atoms with Gasteiger partial charge >= 0.3 is 0 Å². The number of halogens is 1. The van der Waals surface area contributed by atoms with Crippen LogP contribution < -0.4 is 10.6 Å². The van der Waals surface area contributed by atoms with E-state index in [0.717, 1.165) is 18.1 Å². The fraction of sp³-hybridized carbons (Fsp3) is 0.389. The number of nitrogens with one attached hydrogen (secondary N) is 2. The first-order chi connectivity index (χ1) is 11.6. The van der Waals surface area contributed by atoms with Crippen molar-refractivity contribution in [2.45, 2.75) is 18.9 Å². The number of benzene rings is 1. The number of guanidine groups is 1. The second kappa shape index (κ2) is 9.39. The minimum Gasteiger partial charge on any atom is -0.375 e. The topological polar surface area (TPSA) is 45.7 Å². The first-order valence-electron chi connectivity index (χ1n) is 7.90. The van der Waals surface area contributed by atoms with Gasteiger partial charge in [-0.2, -0.15) is 0 Å². The zero-order chi connectivity index (χ0) is 17.4. The summed E-state index contributed by atoms with van der Waals surface area (Å²) in [5, 5.41) is 8.67. The van der Waals surface area contributed by atoms with Gasteiger partial charge in [-0.1, -0.05) is 25.1 Å². The van der Waals surface area contributed by atoms with E-state index in [1.165, 1.54) is 17.0 Å². The summed E-state index contributed by atoms with van der Waals surface area (Å²) >= 11 is 1.76. The van der Waals surface area contributed by atoms with Crippen LogP contribution >= 0.6 is 11.3 Å². The van der Waals surface area contributed by atoms with Crippen molar-refractivity contribution < 1.29 is 9.13 Å². The van der Waals surface area contributed by atoms with Crippen molar-refractivity contribution in [3.63, 3.8) is 0 Å². The number of methoxy groups -OCH3 is 1. The molecule has 0 spiro atoms. The Morgan fingerprint density at radius 2 is 1.92 bits per heavy atom. The Labute approximate surface area is 146 Å². The molecule has 1 aromatic heterocycles. The van der Waals surface area contributed by atoms with Crippen molar-refractivity contribution in [3.8, 4) is 0 Å². The fourth-order valence-electron chi connectivity index (χ4n) is 2.35. The number of hydrogen-bond acceptors (Lipinski definition) is 3. The predicted molar refractivity (Wildman–Crippen MR) is 98.2 cm³/mol. The van der Waals surface area contributed by atoms with Crippen molar-refractivity contribution in [2.24, 2.45) is 4.99 Å².